The van der Waals surface area contributed by atoms with Crippen molar-refractivity contribution in [2.45, 2.75) is 47.0 Å². The number of carbonyl (C=O) groups is 1. The van der Waals surface area contributed by atoms with Crippen LogP contribution in [0.1, 0.15) is 47.0 Å². The molecule has 0 aromatic rings. The number of hydrogen-bond acceptors (Lipinski definition) is 3. The second-order valence-corrected chi connectivity index (χ2v) is 6.40. The Kier molecular flexibility index (Phi) is 4.24. The van der Waals surface area contributed by atoms with Crippen LogP contribution in [0.15, 0.2) is 5.16 Å². The fraction of sp³-hybridized carbons (Fsp3) is 0.846. The first-order chi connectivity index (χ1) is 8.24. The van der Waals surface area contributed by atoms with Crippen molar-refractivity contribution in [2.75, 3.05) is 6.54 Å². The van der Waals surface area contributed by atoms with Crippen molar-refractivity contribution in [1.29, 1.82) is 0 Å². The number of amides is 1. The molecule has 0 radical (unpaired) electrons. The Bertz CT molecular complexity index is 341. The maximum Gasteiger partial charge on any atom is 0.233 e. The van der Waals surface area contributed by atoms with Crippen LogP contribution >= 0.6 is 0 Å². The van der Waals surface area contributed by atoms with Crippen LogP contribution in [-0.2, 0) is 4.79 Å². The van der Waals surface area contributed by atoms with Gasteiger partial charge in [0.1, 0.15) is 5.41 Å². The molecule has 1 aliphatic carbocycles. The Hall–Kier alpha value is -1.26. The summed E-state index contributed by atoms with van der Waals surface area (Å²) in [5, 5.41) is 14.7. The molecule has 18 heavy (non-hydrogen) atoms. The largest absolute Gasteiger partial charge is 0.409 e. The second-order valence-electron chi connectivity index (χ2n) is 6.40. The van der Waals surface area contributed by atoms with Crippen LogP contribution in [0.25, 0.3) is 0 Å². The monoisotopic (exact) mass is 255 g/mol. The number of nitrogens with two attached hydrogens (primary N) is 1. The molecule has 0 aromatic carbocycles. The molecule has 1 saturated carbocycles. The summed E-state index contributed by atoms with van der Waals surface area (Å²) in [6.07, 6.45) is 2.27. The molecule has 0 bridgehead atoms. The van der Waals surface area contributed by atoms with Gasteiger partial charge in [-0.25, -0.2) is 0 Å². The molecule has 5 nitrogen and oxygen atoms in total. The average Bonchev–Trinajstić information content (AvgIpc) is 2.22. The third-order valence-corrected chi connectivity index (χ3v) is 4.29. The van der Waals surface area contributed by atoms with Gasteiger partial charge in [-0.3, -0.25) is 4.79 Å². The van der Waals surface area contributed by atoms with E-state index in [0.717, 1.165) is 6.42 Å². The number of hydrogen-bond donors (Lipinski definition) is 3. The van der Waals surface area contributed by atoms with Crippen LogP contribution in [0.4, 0.5) is 0 Å². The molecule has 104 valence electrons. The Morgan fingerprint density at radius 3 is 2.39 bits per heavy atom. The van der Waals surface area contributed by atoms with Gasteiger partial charge >= 0.3 is 0 Å². The molecular formula is C13H25N3O2. The molecule has 0 aliphatic heterocycles. The average molecular weight is 255 g/mol. The van der Waals surface area contributed by atoms with E-state index in [9.17, 15) is 4.79 Å². The summed E-state index contributed by atoms with van der Waals surface area (Å²) < 4.78 is 0. The molecule has 1 fully saturated rings. The van der Waals surface area contributed by atoms with Crippen molar-refractivity contribution < 1.29 is 10.0 Å². The highest BCUT2D eigenvalue weighted by atomic mass is 16.4. The highest BCUT2D eigenvalue weighted by molar-refractivity contribution is 6.07. The Labute approximate surface area is 109 Å². The summed E-state index contributed by atoms with van der Waals surface area (Å²) in [5.74, 6) is 0.292. The summed E-state index contributed by atoms with van der Waals surface area (Å²) in [6, 6.07) is 0. The summed E-state index contributed by atoms with van der Waals surface area (Å²) >= 11 is 0. The van der Waals surface area contributed by atoms with Crippen molar-refractivity contribution in [3.8, 4) is 0 Å². The lowest BCUT2D eigenvalue weighted by Crippen LogP contribution is -2.54. The maximum atomic E-state index is 12.2. The van der Waals surface area contributed by atoms with Gasteiger partial charge in [-0.15, -0.1) is 0 Å². The molecule has 1 unspecified atom stereocenters. The van der Waals surface area contributed by atoms with Crippen molar-refractivity contribution in [3.05, 3.63) is 0 Å². The first-order valence-corrected chi connectivity index (χ1v) is 6.50. The van der Waals surface area contributed by atoms with Gasteiger partial charge in [0.25, 0.3) is 0 Å². The second kappa shape index (κ2) is 5.16. The van der Waals surface area contributed by atoms with Crippen LogP contribution in [0.3, 0.4) is 0 Å². The number of nitrogens with zero attached hydrogens (tertiary/aromatic N) is 1. The fourth-order valence-corrected chi connectivity index (χ4v) is 1.95. The quantitative estimate of drug-likeness (QED) is 0.309. The summed E-state index contributed by atoms with van der Waals surface area (Å²) in [6.45, 7) is 9.16. The minimum atomic E-state index is -0.771. The molecule has 5 heteroatoms. The zero-order chi connectivity index (χ0) is 14.0. The van der Waals surface area contributed by atoms with E-state index < -0.39 is 5.41 Å². The van der Waals surface area contributed by atoms with E-state index in [1.165, 1.54) is 0 Å². The lowest BCUT2D eigenvalue weighted by Gasteiger charge is -2.39. The van der Waals surface area contributed by atoms with E-state index in [4.69, 9.17) is 10.9 Å². The van der Waals surface area contributed by atoms with E-state index in [-0.39, 0.29) is 17.2 Å². The van der Waals surface area contributed by atoms with Crippen LogP contribution in [0, 0.1) is 16.7 Å². The highest BCUT2D eigenvalue weighted by Crippen LogP contribution is 2.41. The van der Waals surface area contributed by atoms with Crippen molar-refractivity contribution in [2.24, 2.45) is 27.6 Å². The summed E-state index contributed by atoms with van der Waals surface area (Å²) in [5.41, 5.74) is 5.02. The highest BCUT2D eigenvalue weighted by Gasteiger charge is 2.48. The number of nitrogens with one attached hydrogen (secondary N) is 1. The van der Waals surface area contributed by atoms with E-state index in [0.29, 0.717) is 25.3 Å². The minimum absolute atomic E-state index is 0.0367. The molecule has 1 amide bonds. The van der Waals surface area contributed by atoms with Crippen LogP contribution in [0.5, 0.6) is 0 Å². The van der Waals surface area contributed by atoms with Crippen molar-refractivity contribution in [1.82, 2.24) is 5.32 Å². The van der Waals surface area contributed by atoms with Gasteiger partial charge in [0, 0.05) is 6.54 Å². The van der Waals surface area contributed by atoms with Crippen LogP contribution < -0.4 is 11.1 Å². The van der Waals surface area contributed by atoms with Gasteiger partial charge in [0.2, 0.25) is 5.91 Å². The Balaban J connectivity index is 2.60. The molecule has 1 atom stereocenters. The number of carbonyl (C=O) groups excluding carboxylic acids is 1. The van der Waals surface area contributed by atoms with Gasteiger partial charge in [0.15, 0.2) is 5.84 Å². The Morgan fingerprint density at radius 2 is 2.06 bits per heavy atom. The molecular weight excluding hydrogens is 230 g/mol. The first kappa shape index (κ1) is 14.8. The third-order valence-electron chi connectivity index (χ3n) is 4.29. The van der Waals surface area contributed by atoms with Crippen molar-refractivity contribution in [3.63, 3.8) is 0 Å². The SMILES string of the molecule is CC(CNC(=O)C1(C(N)=NO)CCC1)C(C)(C)C. The normalized spacial score (nSPS) is 21.0. The van der Waals surface area contributed by atoms with E-state index in [2.05, 4.69) is 38.2 Å². The molecule has 0 spiro atoms. The zero-order valence-electron chi connectivity index (χ0n) is 11.8. The molecule has 0 heterocycles. The Morgan fingerprint density at radius 1 is 1.50 bits per heavy atom. The van der Waals surface area contributed by atoms with Gasteiger partial charge in [-0.2, -0.15) is 0 Å². The third kappa shape index (κ3) is 2.76. The topological polar surface area (TPSA) is 87.7 Å². The van der Waals surface area contributed by atoms with Gasteiger partial charge < -0.3 is 16.3 Å². The van der Waals surface area contributed by atoms with E-state index in [1.807, 2.05) is 0 Å². The van der Waals surface area contributed by atoms with Gasteiger partial charge in [-0.1, -0.05) is 39.3 Å². The smallest absolute Gasteiger partial charge is 0.233 e. The van der Waals surface area contributed by atoms with E-state index >= 15 is 0 Å². The van der Waals surface area contributed by atoms with Crippen LogP contribution in [0.2, 0.25) is 0 Å². The number of oxime groups is 1. The van der Waals surface area contributed by atoms with E-state index in [1.54, 1.807) is 0 Å². The molecule has 4 N–H and O–H groups in total. The molecule has 1 rings (SSSR count). The minimum Gasteiger partial charge on any atom is -0.409 e. The first-order valence-electron chi connectivity index (χ1n) is 6.50. The number of rotatable bonds is 4. The predicted octanol–water partition coefficient (Wildman–Crippen LogP) is 1.70. The van der Waals surface area contributed by atoms with Gasteiger partial charge in [-0.05, 0) is 24.2 Å². The fourth-order valence-electron chi connectivity index (χ4n) is 1.95. The zero-order valence-corrected chi connectivity index (χ0v) is 11.8. The summed E-state index contributed by atoms with van der Waals surface area (Å²) in [4.78, 5) is 12.2. The lowest BCUT2D eigenvalue weighted by atomic mass is 9.67. The molecule has 0 aromatic heterocycles. The molecule has 1 aliphatic rings. The predicted molar refractivity (Wildman–Crippen MR) is 71.3 cm³/mol. The summed E-state index contributed by atoms with van der Waals surface area (Å²) in [7, 11) is 0. The van der Waals surface area contributed by atoms with Crippen LogP contribution in [-0.4, -0.2) is 23.5 Å². The number of amidine groups is 1. The standard InChI is InChI=1S/C13H25N3O2/c1-9(12(2,3)4)8-15-11(17)13(6-5-7-13)10(14)16-18/h9,18H,5-8H2,1-4H3,(H2,14,16)(H,15,17). The van der Waals surface area contributed by atoms with Crippen molar-refractivity contribution >= 4 is 11.7 Å². The maximum absolute atomic E-state index is 12.2. The van der Waals surface area contributed by atoms with Gasteiger partial charge in [0.05, 0.1) is 0 Å². The molecule has 0 saturated heterocycles. The lowest BCUT2D eigenvalue weighted by molar-refractivity contribution is -0.131.